The molecule has 2 aromatic rings. The predicted molar refractivity (Wildman–Crippen MR) is 101 cm³/mol. The zero-order chi connectivity index (χ0) is 20.7. The highest BCUT2D eigenvalue weighted by atomic mass is 35.5. The molecule has 0 unspecified atom stereocenters. The molecule has 2 N–H and O–H groups in total. The summed E-state index contributed by atoms with van der Waals surface area (Å²) in [6.07, 6.45) is -0.133. The lowest BCUT2D eigenvalue weighted by Crippen LogP contribution is -2.43. The van der Waals surface area contributed by atoms with Crippen LogP contribution in [0.3, 0.4) is 0 Å². The summed E-state index contributed by atoms with van der Waals surface area (Å²) in [5.41, 5.74) is 4.63. The van der Waals surface area contributed by atoms with Gasteiger partial charge in [0, 0.05) is 5.56 Å². The minimum Gasteiger partial charge on any atom is -0.493 e. The Labute approximate surface area is 166 Å². The van der Waals surface area contributed by atoms with E-state index in [1.54, 1.807) is 0 Å². The molecule has 0 bridgehead atoms. The van der Waals surface area contributed by atoms with Gasteiger partial charge in [-0.25, -0.2) is 4.39 Å². The van der Waals surface area contributed by atoms with E-state index in [1.807, 2.05) is 13.8 Å². The van der Waals surface area contributed by atoms with Crippen LogP contribution < -0.4 is 25.1 Å². The van der Waals surface area contributed by atoms with Crippen LogP contribution in [0.15, 0.2) is 36.4 Å². The second-order valence-corrected chi connectivity index (χ2v) is 6.31. The Balaban J connectivity index is 1.93. The Morgan fingerprint density at radius 2 is 1.82 bits per heavy atom. The minimum atomic E-state index is -0.605. The molecule has 0 fully saturated rings. The molecule has 28 heavy (non-hydrogen) atoms. The summed E-state index contributed by atoms with van der Waals surface area (Å²) in [6.45, 7) is 3.30. The van der Waals surface area contributed by atoms with E-state index in [4.69, 9.17) is 25.8 Å². The number of halogens is 2. The molecule has 0 saturated heterocycles. The summed E-state index contributed by atoms with van der Waals surface area (Å²) in [6, 6.07) is 8.03. The first-order valence-corrected chi connectivity index (χ1v) is 8.69. The molecule has 0 radical (unpaired) electrons. The second-order valence-electron chi connectivity index (χ2n) is 5.90. The van der Waals surface area contributed by atoms with E-state index in [1.165, 1.54) is 43.5 Å². The van der Waals surface area contributed by atoms with Crippen LogP contribution in [0, 0.1) is 5.82 Å². The van der Waals surface area contributed by atoms with Crippen molar-refractivity contribution in [3.63, 3.8) is 0 Å². The summed E-state index contributed by atoms with van der Waals surface area (Å²) >= 11 is 6.17. The normalized spacial score (nSPS) is 10.4. The van der Waals surface area contributed by atoms with Crippen molar-refractivity contribution < 1.29 is 28.2 Å². The number of rotatable bonds is 7. The third kappa shape index (κ3) is 6.02. The van der Waals surface area contributed by atoms with Gasteiger partial charge in [0.25, 0.3) is 11.8 Å². The lowest BCUT2D eigenvalue weighted by atomic mass is 10.2. The van der Waals surface area contributed by atoms with Gasteiger partial charge >= 0.3 is 0 Å². The van der Waals surface area contributed by atoms with Crippen molar-refractivity contribution in [3.8, 4) is 17.2 Å². The first-order chi connectivity index (χ1) is 13.3. The highest BCUT2D eigenvalue weighted by molar-refractivity contribution is 6.32. The summed E-state index contributed by atoms with van der Waals surface area (Å²) < 4.78 is 28.8. The molecule has 9 heteroatoms. The molecule has 2 rings (SSSR count). The topological polar surface area (TPSA) is 85.9 Å². The molecule has 0 atom stereocenters. The van der Waals surface area contributed by atoms with E-state index < -0.39 is 17.6 Å². The zero-order valence-electron chi connectivity index (χ0n) is 15.5. The number of hydrogen-bond donors (Lipinski definition) is 2. The van der Waals surface area contributed by atoms with Crippen molar-refractivity contribution in [2.45, 2.75) is 20.0 Å². The molecule has 0 aliphatic carbocycles. The molecule has 2 aromatic carbocycles. The SMILES string of the molecule is COc1cc(C(=O)NNC(=O)COc2ccc(F)cc2)cc(Cl)c1OC(C)C. The maximum absolute atomic E-state index is 12.8. The number of hydrogen-bond acceptors (Lipinski definition) is 5. The quantitative estimate of drug-likeness (QED) is 0.685. The number of methoxy groups -OCH3 is 1. The molecule has 7 nitrogen and oxygen atoms in total. The molecule has 2 amide bonds. The van der Waals surface area contributed by atoms with Crippen molar-refractivity contribution in [1.29, 1.82) is 0 Å². The summed E-state index contributed by atoms with van der Waals surface area (Å²) in [7, 11) is 1.43. The Bertz CT molecular complexity index is 843. The molecular weight excluding hydrogens is 391 g/mol. The van der Waals surface area contributed by atoms with Gasteiger partial charge in [-0.2, -0.15) is 0 Å². The monoisotopic (exact) mass is 410 g/mol. The third-order valence-electron chi connectivity index (χ3n) is 3.34. The van der Waals surface area contributed by atoms with Gasteiger partial charge in [-0.3, -0.25) is 20.4 Å². The van der Waals surface area contributed by atoms with E-state index in [-0.39, 0.29) is 29.0 Å². The number of benzene rings is 2. The van der Waals surface area contributed by atoms with Crippen molar-refractivity contribution >= 4 is 23.4 Å². The van der Waals surface area contributed by atoms with Crippen molar-refractivity contribution in [3.05, 3.63) is 52.8 Å². The first kappa shape index (κ1) is 21.3. The summed E-state index contributed by atoms with van der Waals surface area (Å²) in [4.78, 5) is 24.0. The fourth-order valence-corrected chi connectivity index (χ4v) is 2.37. The fourth-order valence-electron chi connectivity index (χ4n) is 2.12. The predicted octanol–water partition coefficient (Wildman–Crippen LogP) is 3.11. The number of carbonyl (C=O) groups excluding carboxylic acids is 2. The first-order valence-electron chi connectivity index (χ1n) is 8.32. The molecule has 0 spiro atoms. The van der Waals surface area contributed by atoms with E-state index >= 15 is 0 Å². The van der Waals surface area contributed by atoms with E-state index in [0.717, 1.165) is 0 Å². The van der Waals surface area contributed by atoms with Crippen LogP contribution in [-0.4, -0.2) is 31.6 Å². The number of carbonyl (C=O) groups is 2. The number of ether oxygens (including phenoxy) is 3. The Kier molecular flexibility index (Phi) is 7.45. The number of amides is 2. The van der Waals surface area contributed by atoms with Crippen molar-refractivity contribution in [2.75, 3.05) is 13.7 Å². The molecule has 0 aliphatic rings. The smallest absolute Gasteiger partial charge is 0.276 e. The standard InChI is InChI=1S/C19H20ClFN2O5/c1-11(2)28-18-15(20)8-12(9-16(18)26-3)19(25)23-22-17(24)10-27-14-6-4-13(21)5-7-14/h4-9,11H,10H2,1-3H3,(H,22,24)(H,23,25). The Hall–Kier alpha value is -3.00. The fraction of sp³-hybridized carbons (Fsp3) is 0.263. The molecule has 0 aliphatic heterocycles. The van der Waals surface area contributed by atoms with E-state index in [2.05, 4.69) is 10.9 Å². The largest absolute Gasteiger partial charge is 0.493 e. The van der Waals surface area contributed by atoms with Gasteiger partial charge in [-0.05, 0) is 50.2 Å². The van der Waals surface area contributed by atoms with Crippen LogP contribution in [0.2, 0.25) is 5.02 Å². The van der Waals surface area contributed by atoms with Gasteiger partial charge in [0.2, 0.25) is 0 Å². The average molecular weight is 411 g/mol. The molecule has 0 heterocycles. The van der Waals surface area contributed by atoms with Crippen molar-refractivity contribution in [1.82, 2.24) is 10.9 Å². The lowest BCUT2D eigenvalue weighted by molar-refractivity contribution is -0.123. The number of nitrogens with one attached hydrogen (secondary N) is 2. The van der Waals surface area contributed by atoms with Crippen molar-refractivity contribution in [2.24, 2.45) is 0 Å². The van der Waals surface area contributed by atoms with Crippen LogP contribution >= 0.6 is 11.6 Å². The van der Waals surface area contributed by atoms with E-state index in [9.17, 15) is 14.0 Å². The van der Waals surface area contributed by atoms with Gasteiger partial charge in [0.1, 0.15) is 11.6 Å². The van der Waals surface area contributed by atoms with Crippen LogP contribution in [0.1, 0.15) is 24.2 Å². The van der Waals surface area contributed by atoms with Crippen LogP contribution in [0.4, 0.5) is 4.39 Å². The van der Waals surface area contributed by atoms with Gasteiger partial charge in [0.05, 0.1) is 18.2 Å². The van der Waals surface area contributed by atoms with Crippen LogP contribution in [0.25, 0.3) is 0 Å². The summed E-state index contributed by atoms with van der Waals surface area (Å²) in [5, 5.41) is 0.198. The van der Waals surface area contributed by atoms with E-state index in [0.29, 0.717) is 11.5 Å². The van der Waals surface area contributed by atoms with Gasteiger partial charge < -0.3 is 14.2 Å². The number of hydrazine groups is 1. The third-order valence-corrected chi connectivity index (χ3v) is 3.62. The zero-order valence-corrected chi connectivity index (χ0v) is 16.3. The average Bonchev–Trinajstić information content (AvgIpc) is 2.66. The van der Waals surface area contributed by atoms with Crippen LogP contribution in [0.5, 0.6) is 17.2 Å². The van der Waals surface area contributed by atoms with Crippen LogP contribution in [-0.2, 0) is 4.79 Å². The maximum Gasteiger partial charge on any atom is 0.276 e. The second kappa shape index (κ2) is 9.80. The van der Waals surface area contributed by atoms with Gasteiger partial charge in [0.15, 0.2) is 18.1 Å². The Morgan fingerprint density at radius 3 is 2.43 bits per heavy atom. The lowest BCUT2D eigenvalue weighted by Gasteiger charge is -2.16. The summed E-state index contributed by atoms with van der Waals surface area (Å²) in [5.74, 6) is -0.685. The van der Waals surface area contributed by atoms with Gasteiger partial charge in [-0.15, -0.1) is 0 Å². The minimum absolute atomic E-state index is 0.133. The molecule has 0 aromatic heterocycles. The highest BCUT2D eigenvalue weighted by Crippen LogP contribution is 2.37. The van der Waals surface area contributed by atoms with Gasteiger partial charge in [-0.1, -0.05) is 11.6 Å². The molecule has 0 saturated carbocycles. The molecule has 150 valence electrons. The maximum atomic E-state index is 12.8. The highest BCUT2D eigenvalue weighted by Gasteiger charge is 2.17. The molecular formula is C19H20ClFN2O5. The Morgan fingerprint density at radius 1 is 1.14 bits per heavy atom.